The molecule has 15 aromatic rings. The number of hydrogen-bond donors (Lipinski definition) is 11. The summed E-state index contributed by atoms with van der Waals surface area (Å²) in [5.41, 5.74) is 5.34. The number of aliphatic hydroxyl groups excluding tert-OH is 1. The first-order valence-corrected chi connectivity index (χ1v) is 33.3. The van der Waals surface area contributed by atoms with Gasteiger partial charge in [-0.2, -0.15) is 46.0 Å². The van der Waals surface area contributed by atoms with Crippen molar-refractivity contribution in [2.45, 2.75) is 152 Å². The van der Waals surface area contributed by atoms with E-state index in [2.05, 4.69) is 168 Å². The summed E-state index contributed by atoms with van der Waals surface area (Å²) in [7, 11) is 1.91. The lowest BCUT2D eigenvalue weighted by molar-refractivity contribution is 0.272. The van der Waals surface area contributed by atoms with Gasteiger partial charge in [0, 0.05) is 97.1 Å². The van der Waals surface area contributed by atoms with E-state index in [1.54, 1.807) is 92.4 Å². The quantitative estimate of drug-likeness (QED) is 0.0766. The fraction of sp³-hybridized carbons (Fsp3) is 0.348. The highest BCUT2D eigenvalue weighted by Gasteiger charge is 1.95. The third-order valence-corrected chi connectivity index (χ3v) is 12.6. The lowest BCUT2D eigenvalue weighted by atomic mass is 10.3. The van der Waals surface area contributed by atoms with Crippen LogP contribution in [-0.4, -0.2) is 171 Å². The molecule has 0 radical (unpaired) electrons. The molecule has 0 aliphatic carbocycles. The van der Waals surface area contributed by atoms with E-state index < -0.39 is 0 Å². The molecule has 35 nitrogen and oxygen atoms in total. The fourth-order valence-corrected chi connectivity index (χ4v) is 7.23. The predicted octanol–water partition coefficient (Wildman–Crippen LogP) is 10.0. The van der Waals surface area contributed by atoms with Gasteiger partial charge in [-0.15, -0.1) is 32.9 Å². The Morgan fingerprint density at radius 1 is 0.476 bits per heavy atom. The van der Waals surface area contributed by atoms with Gasteiger partial charge in [0.05, 0.1) is 21.9 Å². The Bertz CT molecular complexity index is 3860. The van der Waals surface area contributed by atoms with Gasteiger partial charge >= 0.3 is 5.69 Å². The number of nitrogens with zero attached hydrogens (tertiary/aromatic N) is 23. The van der Waals surface area contributed by atoms with Crippen LogP contribution in [0.2, 0.25) is 0 Å². The molecular formula is C66H99N33O2S2. The van der Waals surface area contributed by atoms with E-state index in [1.165, 1.54) is 22.3 Å². The number of nitrogens with one attached hydrogen (secondary N) is 10. The molecule has 0 atom stereocenters. The molecule has 15 heterocycles. The number of pyridine rings is 3. The van der Waals surface area contributed by atoms with Crippen molar-refractivity contribution in [1.29, 1.82) is 0 Å². The zero-order valence-electron chi connectivity index (χ0n) is 62.5. The summed E-state index contributed by atoms with van der Waals surface area (Å²) in [5.74, 6) is 10.7. The van der Waals surface area contributed by atoms with Gasteiger partial charge in [0.2, 0.25) is 0 Å². The van der Waals surface area contributed by atoms with Gasteiger partial charge in [-0.25, -0.2) is 49.8 Å². The van der Waals surface area contributed by atoms with Crippen molar-refractivity contribution in [2.24, 2.45) is 7.05 Å². The van der Waals surface area contributed by atoms with E-state index in [4.69, 9.17) is 5.11 Å². The minimum Gasteiger partial charge on any atom is -0.388 e. The molecule has 0 aromatic carbocycles. The Balaban J connectivity index is 0.000000552. The summed E-state index contributed by atoms with van der Waals surface area (Å²) in [6.07, 6.45) is 23.7. The molecule has 0 fully saturated rings. The topological polar surface area (TPSA) is 484 Å². The lowest BCUT2D eigenvalue weighted by Crippen LogP contribution is -2.00. The highest BCUT2D eigenvalue weighted by Crippen LogP contribution is 2.08. The van der Waals surface area contributed by atoms with Crippen LogP contribution >= 0.6 is 22.7 Å². The lowest BCUT2D eigenvalue weighted by Gasteiger charge is -1.84. The number of aliphatic hydroxyl groups is 1. The Hall–Kier alpha value is -12.0. The molecule has 15 aromatic heterocycles. The van der Waals surface area contributed by atoms with Crippen molar-refractivity contribution < 1.29 is 5.11 Å². The second-order valence-corrected chi connectivity index (χ2v) is 23.5. The number of rotatable bonds is 2. The van der Waals surface area contributed by atoms with Gasteiger partial charge in [-0.05, 0) is 173 Å². The van der Waals surface area contributed by atoms with Crippen LogP contribution in [0.3, 0.4) is 0 Å². The number of aromatic amines is 10. The molecule has 0 saturated heterocycles. The van der Waals surface area contributed by atoms with Crippen molar-refractivity contribution in [3.63, 3.8) is 0 Å². The molecule has 0 saturated carbocycles. The van der Waals surface area contributed by atoms with Gasteiger partial charge in [-0.3, -0.25) is 50.4 Å². The fourth-order valence-electron chi connectivity index (χ4n) is 6.11. The van der Waals surface area contributed by atoms with Crippen molar-refractivity contribution in [1.82, 2.24) is 166 Å². The van der Waals surface area contributed by atoms with Gasteiger partial charge < -0.3 is 19.6 Å². The van der Waals surface area contributed by atoms with Gasteiger partial charge in [0.15, 0.2) is 5.82 Å². The van der Waals surface area contributed by atoms with Crippen LogP contribution in [0.4, 0.5) is 0 Å². The molecule has 0 unspecified atom stereocenters. The monoisotopic (exact) mass is 1450 g/mol. The van der Waals surface area contributed by atoms with Crippen molar-refractivity contribution in [3.05, 3.63) is 258 Å². The zero-order valence-corrected chi connectivity index (χ0v) is 64.1. The van der Waals surface area contributed by atoms with Crippen LogP contribution in [0.5, 0.6) is 0 Å². The number of thiazole rings is 2. The number of aromatic nitrogens is 33. The maximum absolute atomic E-state index is 10.1. The van der Waals surface area contributed by atoms with E-state index in [9.17, 15) is 4.79 Å². The first kappa shape index (κ1) is 89.0. The first-order valence-electron chi connectivity index (χ1n) is 31.6. The molecule has 0 amide bonds. The average Bonchev–Trinajstić information content (AvgIpc) is 1.87. The molecule has 11 N–H and O–H groups in total. The van der Waals surface area contributed by atoms with Crippen LogP contribution in [-0.2, 0) is 20.1 Å². The highest BCUT2D eigenvalue weighted by atomic mass is 32.1. The molecule has 15 rings (SSSR count). The number of H-pyrrole nitrogens is 10. The van der Waals surface area contributed by atoms with Crippen LogP contribution in [0.15, 0.2) is 133 Å². The second kappa shape index (κ2) is 54.9. The molecule has 37 heteroatoms. The third kappa shape index (κ3) is 50.9. The van der Waals surface area contributed by atoms with Gasteiger partial charge in [0.25, 0.3) is 0 Å². The van der Waals surface area contributed by atoms with Crippen LogP contribution in [0.1, 0.15) is 126 Å². The zero-order chi connectivity index (χ0) is 76.6. The second-order valence-electron chi connectivity index (χ2n) is 20.9. The Labute approximate surface area is 607 Å². The molecular weight excluding hydrogens is 1350 g/mol. The summed E-state index contributed by atoms with van der Waals surface area (Å²) in [6.45, 7) is 38.4. The van der Waals surface area contributed by atoms with Crippen LogP contribution in [0, 0.1) is 132 Å². The number of aryl methyl sites for hydroxylation is 21. The third-order valence-electron chi connectivity index (χ3n) is 11.0. The van der Waals surface area contributed by atoms with E-state index in [0.29, 0.717) is 11.6 Å². The maximum Gasteiger partial charge on any atom is 0.340 e. The minimum absolute atomic E-state index is 0.0929. The molecule has 0 aliphatic heterocycles. The van der Waals surface area contributed by atoms with Gasteiger partial charge in [-0.1, -0.05) is 19.1 Å². The predicted molar refractivity (Wildman–Crippen MR) is 398 cm³/mol. The number of hydrogen-bond acceptors (Lipinski definition) is 26. The van der Waals surface area contributed by atoms with E-state index in [1.807, 2.05) is 196 Å². The summed E-state index contributed by atoms with van der Waals surface area (Å²) >= 11 is 3.40. The molecule has 103 heavy (non-hydrogen) atoms. The molecule has 0 spiro atoms. The average molecular weight is 1450 g/mol. The highest BCUT2D eigenvalue weighted by molar-refractivity contribution is 7.11. The Morgan fingerprint density at radius 2 is 1.13 bits per heavy atom. The first-order chi connectivity index (χ1) is 49.2. The normalized spacial score (nSPS) is 9.18. The van der Waals surface area contributed by atoms with Crippen molar-refractivity contribution >= 4 is 22.7 Å². The van der Waals surface area contributed by atoms with Gasteiger partial charge in [0.1, 0.15) is 89.2 Å². The van der Waals surface area contributed by atoms with Crippen molar-refractivity contribution in [2.75, 3.05) is 0 Å². The number of imidazole rings is 2. The summed E-state index contributed by atoms with van der Waals surface area (Å²) < 4.78 is 1.86. The standard InChI is InChI=1S/3C6H7N.C5H9N3.C5H8N2.C5H7NS.C4H7N3O.3C4H7N3.C4H6N2.C4H5NS.C3H5N3O.2C3H5N3/c1-6-2-4-7-5-3-6;1-6-3-2-4-7-5-6;1-6-4-2-3-5-7-6;1-3-5-6-4(2)7-8-5;2*1-4-3-6-5(2)7-4;1-3-5-4(2-8)7-6-3;1-4-6-5-3-7(4)2;2*1-3-5-4(2)7-6-3;2*1-4-5-2-3-6-4;1-2-4-3(7)6-5-2;1-3-4-2-5-6-3;1-3-2-4-6-5-3/h3*2-5H,1H3;3H2,1-2H3,(H,6,7,8);3H,1-2H3,(H,6,7);3H,1-2H3;8H,2H2,1H3,(H,5,6,7);3H,1-2H3;2*1-2H3,(H,5,6,7);2-3H,1H3,(H,5,6);2-3H,1H3;1H3,(H2,4,5,6,7);2*2H,1H3,(H,4,5,6). The minimum atomic E-state index is -0.252. The van der Waals surface area contributed by atoms with E-state index in [-0.39, 0.29) is 12.3 Å². The largest absolute Gasteiger partial charge is 0.388 e. The van der Waals surface area contributed by atoms with E-state index in [0.717, 1.165) is 97.6 Å². The molecule has 0 aliphatic rings. The molecule has 0 bridgehead atoms. The molecule has 552 valence electrons. The Kier molecular flexibility index (Phi) is 47.4. The van der Waals surface area contributed by atoms with E-state index >= 15 is 0 Å². The van der Waals surface area contributed by atoms with Crippen LogP contribution < -0.4 is 5.69 Å². The smallest absolute Gasteiger partial charge is 0.340 e. The summed E-state index contributed by atoms with van der Waals surface area (Å²) in [5, 5.41) is 67.5. The van der Waals surface area contributed by atoms with Crippen molar-refractivity contribution in [3.8, 4) is 0 Å². The summed E-state index contributed by atoms with van der Waals surface area (Å²) in [4.78, 5) is 66.8. The van der Waals surface area contributed by atoms with Crippen LogP contribution in [0.25, 0.3) is 0 Å². The SMILES string of the molecule is CCc1n[nH]c(C)n1.Cc1ccccn1.Cc1cccnc1.Cc1ccncc1.Cc1cn[nH]n1.Cc1cnc(C)[nH]1.Cc1cnc(C)s1.Cc1n[nH]c(=O)[nH]1.Cc1n[nH]c(C)n1.Cc1n[nH]c(C)n1.Cc1nc(CO)n[nH]1.Cc1ncc[nH]1.Cc1nccs1.Cc1ncn[nH]1.Cc1nncn1C. The summed E-state index contributed by atoms with van der Waals surface area (Å²) in [6, 6.07) is 13.7. The maximum atomic E-state index is 10.1. The Morgan fingerprint density at radius 3 is 1.30 bits per heavy atom.